The van der Waals surface area contributed by atoms with Crippen molar-refractivity contribution in [3.05, 3.63) is 23.8 Å². The summed E-state index contributed by atoms with van der Waals surface area (Å²) in [5.41, 5.74) is 1.91. The van der Waals surface area contributed by atoms with E-state index in [1.54, 1.807) is 18.2 Å². The Hall–Kier alpha value is -1.91. The summed E-state index contributed by atoms with van der Waals surface area (Å²) >= 11 is 0. The Morgan fingerprint density at radius 3 is 2.63 bits per heavy atom. The fourth-order valence-electron chi connectivity index (χ4n) is 2.84. The Bertz CT molecular complexity index is 598. The largest absolute Gasteiger partial charge is 0.478 e. The number of carboxylic acids is 1. The second-order valence-corrected chi connectivity index (χ2v) is 5.19. The van der Waals surface area contributed by atoms with E-state index in [1.165, 1.54) is 25.7 Å². The number of carbonyl (C=O) groups is 1. The molecule has 1 aliphatic carbocycles. The number of nitrogens with zero attached hydrogens (tertiary/aromatic N) is 3. The van der Waals surface area contributed by atoms with Crippen molar-refractivity contribution < 1.29 is 9.90 Å². The number of carboxylic acid groups (broad SMARTS) is 1. The van der Waals surface area contributed by atoms with Gasteiger partial charge in [0.15, 0.2) is 0 Å². The van der Waals surface area contributed by atoms with Crippen molar-refractivity contribution >= 4 is 17.0 Å². The van der Waals surface area contributed by atoms with Crippen LogP contribution < -0.4 is 0 Å². The average Bonchev–Trinajstić information content (AvgIpc) is 2.64. The maximum atomic E-state index is 11.1. The predicted octanol–water partition coefficient (Wildman–Crippen LogP) is 3.02. The number of rotatable bonds is 2. The molecular formula is C14H17N3O2. The molecule has 0 saturated heterocycles. The molecule has 1 fully saturated rings. The smallest absolute Gasteiger partial charge is 0.335 e. The summed E-state index contributed by atoms with van der Waals surface area (Å²) < 4.78 is 1.92. The third kappa shape index (κ3) is 2.32. The van der Waals surface area contributed by atoms with Gasteiger partial charge in [0, 0.05) is 0 Å². The van der Waals surface area contributed by atoms with Crippen molar-refractivity contribution in [2.45, 2.75) is 44.6 Å². The van der Waals surface area contributed by atoms with Gasteiger partial charge < -0.3 is 5.11 Å². The monoisotopic (exact) mass is 259 g/mol. The fraction of sp³-hybridized carbons (Fsp3) is 0.500. The van der Waals surface area contributed by atoms with Gasteiger partial charge in [0.05, 0.1) is 17.1 Å². The Labute approximate surface area is 111 Å². The number of hydrogen-bond acceptors (Lipinski definition) is 3. The molecule has 0 radical (unpaired) electrons. The third-order valence-corrected chi connectivity index (χ3v) is 3.89. The van der Waals surface area contributed by atoms with Crippen LogP contribution in [0.4, 0.5) is 0 Å². The topological polar surface area (TPSA) is 68.0 Å². The summed E-state index contributed by atoms with van der Waals surface area (Å²) in [6.45, 7) is 0. The van der Waals surface area contributed by atoms with E-state index in [9.17, 15) is 4.79 Å². The van der Waals surface area contributed by atoms with Gasteiger partial charge in [-0.3, -0.25) is 0 Å². The lowest BCUT2D eigenvalue weighted by Crippen LogP contribution is -2.10. The van der Waals surface area contributed by atoms with Crippen LogP contribution in [-0.2, 0) is 0 Å². The van der Waals surface area contributed by atoms with E-state index in [-0.39, 0.29) is 0 Å². The van der Waals surface area contributed by atoms with Crippen molar-refractivity contribution in [2.24, 2.45) is 0 Å². The van der Waals surface area contributed by atoms with Crippen molar-refractivity contribution in [1.29, 1.82) is 0 Å². The van der Waals surface area contributed by atoms with Gasteiger partial charge in [-0.15, -0.1) is 5.10 Å². The van der Waals surface area contributed by atoms with Crippen molar-refractivity contribution in [3.8, 4) is 0 Å². The lowest BCUT2D eigenvalue weighted by Gasteiger charge is -2.14. The van der Waals surface area contributed by atoms with E-state index >= 15 is 0 Å². The zero-order valence-electron chi connectivity index (χ0n) is 10.7. The maximum Gasteiger partial charge on any atom is 0.335 e. The van der Waals surface area contributed by atoms with Crippen LogP contribution in [-0.4, -0.2) is 26.1 Å². The lowest BCUT2D eigenvalue weighted by atomic mass is 10.1. The van der Waals surface area contributed by atoms with E-state index in [0.717, 1.165) is 23.9 Å². The second-order valence-electron chi connectivity index (χ2n) is 5.19. The van der Waals surface area contributed by atoms with Gasteiger partial charge in [0.25, 0.3) is 0 Å². The van der Waals surface area contributed by atoms with Gasteiger partial charge in [-0.25, -0.2) is 9.48 Å². The number of benzene rings is 1. The van der Waals surface area contributed by atoms with Crippen LogP contribution in [0.1, 0.15) is 54.9 Å². The molecule has 0 unspecified atom stereocenters. The summed E-state index contributed by atoms with van der Waals surface area (Å²) in [4.78, 5) is 11.1. The molecule has 100 valence electrons. The molecule has 5 nitrogen and oxygen atoms in total. The van der Waals surface area contributed by atoms with E-state index in [0.29, 0.717) is 11.6 Å². The highest BCUT2D eigenvalue weighted by Gasteiger charge is 2.18. The van der Waals surface area contributed by atoms with E-state index in [4.69, 9.17) is 5.11 Å². The van der Waals surface area contributed by atoms with Gasteiger partial charge in [-0.1, -0.05) is 30.9 Å². The van der Waals surface area contributed by atoms with Gasteiger partial charge in [0.1, 0.15) is 5.52 Å². The minimum Gasteiger partial charge on any atom is -0.478 e. The van der Waals surface area contributed by atoms with E-state index in [1.807, 2.05) is 4.68 Å². The van der Waals surface area contributed by atoms with Gasteiger partial charge in [0.2, 0.25) is 0 Å². The molecule has 0 atom stereocenters. The Kier molecular flexibility index (Phi) is 3.19. The summed E-state index contributed by atoms with van der Waals surface area (Å²) in [5, 5.41) is 17.5. The second kappa shape index (κ2) is 4.99. The number of aromatic carboxylic acids is 1. The standard InChI is InChI=1S/C14H17N3O2/c18-14(19)10-7-8-12-13(9-10)17(16-15-12)11-5-3-1-2-4-6-11/h7-9,11H,1-6H2,(H,18,19). The molecule has 2 aromatic rings. The number of hydrogen-bond donors (Lipinski definition) is 1. The van der Waals surface area contributed by atoms with Crippen LogP contribution >= 0.6 is 0 Å². The molecule has 1 N–H and O–H groups in total. The van der Waals surface area contributed by atoms with Crippen LogP contribution in [0.5, 0.6) is 0 Å². The average molecular weight is 259 g/mol. The first-order chi connectivity index (χ1) is 9.25. The quantitative estimate of drug-likeness (QED) is 0.842. The Morgan fingerprint density at radius 2 is 1.95 bits per heavy atom. The first-order valence-corrected chi connectivity index (χ1v) is 6.84. The zero-order chi connectivity index (χ0) is 13.2. The SMILES string of the molecule is O=C(O)c1ccc2nnn(C3CCCCCC3)c2c1. The van der Waals surface area contributed by atoms with Crippen molar-refractivity contribution in [3.63, 3.8) is 0 Å². The maximum absolute atomic E-state index is 11.1. The molecule has 1 aromatic carbocycles. The zero-order valence-corrected chi connectivity index (χ0v) is 10.7. The summed E-state index contributed by atoms with van der Waals surface area (Å²) in [6.07, 6.45) is 7.20. The highest BCUT2D eigenvalue weighted by atomic mass is 16.4. The lowest BCUT2D eigenvalue weighted by molar-refractivity contribution is 0.0697. The van der Waals surface area contributed by atoms with Gasteiger partial charge in [-0.05, 0) is 31.0 Å². The molecule has 1 aliphatic rings. The molecule has 0 aliphatic heterocycles. The molecule has 3 rings (SSSR count). The van der Waals surface area contributed by atoms with Crippen molar-refractivity contribution in [1.82, 2.24) is 15.0 Å². The molecule has 0 spiro atoms. The molecule has 0 amide bonds. The van der Waals surface area contributed by atoms with Crippen LogP contribution in [0.3, 0.4) is 0 Å². The number of fused-ring (bicyclic) bond motifs is 1. The molecule has 1 heterocycles. The fourth-order valence-corrected chi connectivity index (χ4v) is 2.84. The Morgan fingerprint density at radius 1 is 1.21 bits per heavy atom. The normalized spacial score (nSPS) is 17.5. The van der Waals surface area contributed by atoms with Crippen molar-refractivity contribution in [2.75, 3.05) is 0 Å². The highest BCUT2D eigenvalue weighted by Crippen LogP contribution is 2.29. The van der Waals surface area contributed by atoms with Crippen LogP contribution in [0.2, 0.25) is 0 Å². The molecule has 19 heavy (non-hydrogen) atoms. The first kappa shape index (κ1) is 12.1. The molecule has 1 aromatic heterocycles. The summed E-state index contributed by atoms with van der Waals surface area (Å²) in [6, 6.07) is 5.36. The summed E-state index contributed by atoms with van der Waals surface area (Å²) in [7, 11) is 0. The summed E-state index contributed by atoms with van der Waals surface area (Å²) in [5.74, 6) is -0.907. The van der Waals surface area contributed by atoms with E-state index < -0.39 is 5.97 Å². The minimum absolute atomic E-state index is 0.296. The minimum atomic E-state index is -0.907. The first-order valence-electron chi connectivity index (χ1n) is 6.84. The molecule has 5 heteroatoms. The van der Waals surface area contributed by atoms with E-state index in [2.05, 4.69) is 10.3 Å². The number of aromatic nitrogens is 3. The highest BCUT2D eigenvalue weighted by molar-refractivity contribution is 5.92. The third-order valence-electron chi connectivity index (χ3n) is 3.89. The molecular weight excluding hydrogens is 242 g/mol. The van der Waals surface area contributed by atoms with Gasteiger partial charge >= 0.3 is 5.97 Å². The molecule has 0 bridgehead atoms. The predicted molar refractivity (Wildman–Crippen MR) is 71.2 cm³/mol. The van der Waals surface area contributed by atoms with Gasteiger partial charge in [-0.2, -0.15) is 0 Å². The molecule has 1 saturated carbocycles. The van der Waals surface area contributed by atoms with Crippen LogP contribution in [0, 0.1) is 0 Å². The van der Waals surface area contributed by atoms with Crippen LogP contribution in [0.15, 0.2) is 18.2 Å². The van der Waals surface area contributed by atoms with Crippen LogP contribution in [0.25, 0.3) is 11.0 Å². The Balaban J connectivity index is 2.02.